The van der Waals surface area contributed by atoms with E-state index in [1.165, 1.54) is 35.7 Å². The number of fused-ring (bicyclic) bond motifs is 1. The first kappa shape index (κ1) is 24.6. The molecule has 0 atom stereocenters. The molecular weight excluding hydrogens is 494 g/mol. The monoisotopic (exact) mass is 527 g/mol. The number of hydrogen-bond donors (Lipinski definition) is 0. The molecule has 1 aromatic heterocycles. The number of carbonyl (C=O) groups excluding carboxylic acids is 1. The van der Waals surface area contributed by atoms with Crippen molar-refractivity contribution in [1.82, 2.24) is 9.88 Å². The molecule has 6 heteroatoms. The number of amides is 1. The van der Waals surface area contributed by atoms with Gasteiger partial charge in [0.1, 0.15) is 10.1 Å². The molecule has 3 fully saturated rings. The highest BCUT2D eigenvalue weighted by molar-refractivity contribution is 8.26. The largest absolute Gasteiger partial charge is 0.356 e. The maximum absolute atomic E-state index is 13.4. The number of thiocarbonyl (C=S) groups is 1. The van der Waals surface area contributed by atoms with Crippen molar-refractivity contribution in [1.29, 1.82) is 0 Å². The zero-order chi connectivity index (χ0) is 25.4. The molecule has 0 bridgehead atoms. The number of aryl methyl sites for hydroxylation is 1. The van der Waals surface area contributed by atoms with Gasteiger partial charge >= 0.3 is 0 Å². The van der Waals surface area contributed by atoms with Gasteiger partial charge in [0.2, 0.25) is 0 Å². The number of hydrogen-bond acceptors (Lipinski definition) is 5. The molecule has 0 radical (unpaired) electrons. The Balaban J connectivity index is 1.29. The minimum atomic E-state index is 0.0683. The molecule has 0 N–H and O–H groups in total. The maximum atomic E-state index is 13.4. The average molecular weight is 528 g/mol. The molecule has 1 aliphatic carbocycles. The number of nitrogens with zero attached hydrogens (tertiary/aromatic N) is 3. The van der Waals surface area contributed by atoms with Crippen molar-refractivity contribution in [2.75, 3.05) is 18.0 Å². The molecule has 37 heavy (non-hydrogen) atoms. The van der Waals surface area contributed by atoms with E-state index in [9.17, 15) is 4.79 Å². The van der Waals surface area contributed by atoms with E-state index in [1.54, 1.807) is 0 Å². The molecule has 3 aromatic rings. The van der Waals surface area contributed by atoms with E-state index in [0.29, 0.717) is 10.2 Å². The van der Waals surface area contributed by atoms with Gasteiger partial charge in [-0.2, -0.15) is 0 Å². The van der Waals surface area contributed by atoms with Crippen molar-refractivity contribution in [2.45, 2.75) is 57.9 Å². The lowest BCUT2D eigenvalue weighted by atomic mass is 9.90. The van der Waals surface area contributed by atoms with Crippen LogP contribution in [0.25, 0.3) is 17.0 Å². The van der Waals surface area contributed by atoms with Crippen LogP contribution in [0.2, 0.25) is 0 Å². The Bertz CT molecular complexity index is 1360. The van der Waals surface area contributed by atoms with E-state index < -0.39 is 0 Å². The van der Waals surface area contributed by atoms with Crippen LogP contribution in [0.3, 0.4) is 0 Å². The van der Waals surface area contributed by atoms with Crippen LogP contribution in [0.15, 0.2) is 59.5 Å². The fourth-order valence-corrected chi connectivity index (χ4v) is 7.45. The van der Waals surface area contributed by atoms with Crippen LogP contribution in [0.1, 0.15) is 55.2 Å². The summed E-state index contributed by atoms with van der Waals surface area (Å²) in [4.78, 5) is 23.6. The Morgan fingerprint density at radius 2 is 1.78 bits per heavy atom. The molecule has 2 aliphatic heterocycles. The molecule has 0 unspecified atom stereocenters. The van der Waals surface area contributed by atoms with Gasteiger partial charge in [0.05, 0.1) is 10.4 Å². The van der Waals surface area contributed by atoms with Crippen LogP contribution in [0.5, 0.6) is 0 Å². The minimum absolute atomic E-state index is 0.0683. The summed E-state index contributed by atoms with van der Waals surface area (Å²) < 4.78 is 0.705. The highest BCUT2D eigenvalue weighted by Crippen LogP contribution is 2.39. The summed E-state index contributed by atoms with van der Waals surface area (Å²) in [5, 5.41) is 1.11. The predicted molar refractivity (Wildman–Crippen MR) is 159 cm³/mol. The smallest absolute Gasteiger partial charge is 0.266 e. The van der Waals surface area contributed by atoms with Gasteiger partial charge < -0.3 is 4.90 Å². The second-order valence-electron chi connectivity index (χ2n) is 10.7. The highest BCUT2D eigenvalue weighted by atomic mass is 32.2. The van der Waals surface area contributed by atoms with E-state index in [1.807, 2.05) is 4.90 Å². The summed E-state index contributed by atoms with van der Waals surface area (Å²) in [6.07, 6.45) is 9.94. The number of carbonyl (C=O) groups is 1. The van der Waals surface area contributed by atoms with Gasteiger partial charge in [0.15, 0.2) is 0 Å². The van der Waals surface area contributed by atoms with E-state index in [2.05, 4.69) is 72.5 Å². The number of piperidine rings is 1. The third kappa shape index (κ3) is 5.19. The quantitative estimate of drug-likeness (QED) is 0.260. The third-order valence-electron chi connectivity index (χ3n) is 8.06. The molecule has 4 nitrogen and oxygen atoms in total. The number of thioether (sulfide) groups is 1. The number of pyridine rings is 1. The lowest BCUT2D eigenvalue weighted by Crippen LogP contribution is -2.36. The number of benzene rings is 2. The first-order valence-corrected chi connectivity index (χ1v) is 14.7. The zero-order valence-corrected chi connectivity index (χ0v) is 23.0. The van der Waals surface area contributed by atoms with Gasteiger partial charge in [0, 0.05) is 30.1 Å². The van der Waals surface area contributed by atoms with Crippen molar-refractivity contribution in [2.24, 2.45) is 5.92 Å². The molecule has 0 spiro atoms. The maximum Gasteiger partial charge on any atom is 0.266 e. The van der Waals surface area contributed by atoms with Gasteiger partial charge in [-0.25, -0.2) is 4.98 Å². The van der Waals surface area contributed by atoms with Crippen LogP contribution in [0.4, 0.5) is 5.82 Å². The minimum Gasteiger partial charge on any atom is -0.356 e. The van der Waals surface area contributed by atoms with Gasteiger partial charge in [0.25, 0.3) is 5.91 Å². The second kappa shape index (κ2) is 10.6. The molecule has 1 amide bonds. The average Bonchev–Trinajstić information content (AvgIpc) is 3.52. The van der Waals surface area contributed by atoms with E-state index >= 15 is 0 Å². The van der Waals surface area contributed by atoms with Crippen molar-refractivity contribution in [3.63, 3.8) is 0 Å². The van der Waals surface area contributed by atoms with Gasteiger partial charge in [-0.3, -0.25) is 9.69 Å². The van der Waals surface area contributed by atoms with Crippen LogP contribution in [-0.4, -0.2) is 39.2 Å². The Hall–Kier alpha value is -2.70. The lowest BCUT2D eigenvalue weighted by molar-refractivity contribution is -0.123. The second-order valence-corrected chi connectivity index (χ2v) is 12.4. The van der Waals surface area contributed by atoms with Gasteiger partial charge in [-0.1, -0.05) is 78.8 Å². The van der Waals surface area contributed by atoms with Crippen molar-refractivity contribution < 1.29 is 4.79 Å². The van der Waals surface area contributed by atoms with Crippen molar-refractivity contribution >= 4 is 57.0 Å². The zero-order valence-electron chi connectivity index (χ0n) is 21.4. The Labute approximate surface area is 229 Å². The first-order valence-electron chi connectivity index (χ1n) is 13.5. The van der Waals surface area contributed by atoms with Crippen LogP contribution in [0, 0.1) is 12.8 Å². The third-order valence-corrected chi connectivity index (χ3v) is 9.39. The van der Waals surface area contributed by atoms with E-state index in [-0.39, 0.29) is 11.9 Å². The van der Waals surface area contributed by atoms with Crippen molar-refractivity contribution in [3.8, 4) is 0 Å². The topological polar surface area (TPSA) is 36.4 Å². The summed E-state index contributed by atoms with van der Waals surface area (Å²) >= 11 is 7.12. The lowest BCUT2D eigenvalue weighted by Gasteiger charge is -2.34. The molecule has 1 saturated carbocycles. The SMILES string of the molecule is Cc1ccc2nc(N3CCC(Cc4ccccc4)CC3)c(/C=C3\SC(=S)N(C4CCCC4)C3=O)cc2c1. The summed E-state index contributed by atoms with van der Waals surface area (Å²) in [5.41, 5.74) is 4.65. The molecule has 6 rings (SSSR count). The first-order chi connectivity index (χ1) is 18.0. The Morgan fingerprint density at radius 3 is 2.54 bits per heavy atom. The fourth-order valence-electron chi connectivity index (χ4n) is 6.06. The molecule has 2 saturated heterocycles. The van der Waals surface area contributed by atoms with E-state index in [4.69, 9.17) is 17.2 Å². The number of anilines is 1. The number of aromatic nitrogens is 1. The normalized spacial score (nSPS) is 20.6. The Kier molecular flexibility index (Phi) is 7.04. The van der Waals surface area contributed by atoms with Gasteiger partial charge in [-0.15, -0.1) is 0 Å². The summed E-state index contributed by atoms with van der Waals surface area (Å²) in [7, 11) is 0. The van der Waals surface area contributed by atoms with Gasteiger partial charge in [-0.05, 0) is 74.8 Å². The molecule has 3 aliphatic rings. The van der Waals surface area contributed by atoms with Crippen LogP contribution < -0.4 is 4.90 Å². The summed E-state index contributed by atoms with van der Waals surface area (Å²) in [6.45, 7) is 4.06. The molecule has 2 aromatic carbocycles. The van der Waals surface area contributed by atoms with Crippen LogP contribution >= 0.6 is 24.0 Å². The van der Waals surface area contributed by atoms with Crippen LogP contribution in [-0.2, 0) is 11.2 Å². The molecule has 190 valence electrons. The Morgan fingerprint density at radius 1 is 1.03 bits per heavy atom. The predicted octanol–water partition coefficient (Wildman–Crippen LogP) is 7.15. The molecule has 3 heterocycles. The standard InChI is InChI=1S/C31H33N3OS2/c1-21-11-12-27-24(17-21)19-25(20-28-30(35)34(31(36)37-28)26-9-5-6-10-26)29(32-27)33-15-13-23(14-16-33)18-22-7-3-2-4-8-22/h2-4,7-8,11-12,17,19-20,23,26H,5-6,9-10,13-16,18H2,1H3/b28-20-. The molecular formula is C31H33N3OS2. The van der Waals surface area contributed by atoms with Crippen molar-refractivity contribution in [3.05, 3.63) is 76.2 Å². The summed E-state index contributed by atoms with van der Waals surface area (Å²) in [6, 6.07) is 19.7. The summed E-state index contributed by atoms with van der Waals surface area (Å²) in [5.74, 6) is 1.74. The highest BCUT2D eigenvalue weighted by Gasteiger charge is 2.38. The number of rotatable bonds is 5. The fraction of sp³-hybridized carbons (Fsp3) is 0.387. The van der Waals surface area contributed by atoms with E-state index in [0.717, 1.165) is 72.4 Å².